The fraction of sp³-hybridized carbons (Fsp3) is 0.440. The van der Waals surface area contributed by atoms with E-state index in [0.717, 1.165) is 29.5 Å². The second kappa shape index (κ2) is 9.94. The standard InChI is InChI=1S/C25H30O7/c1-25(2,12-6-5-7-21(26)27)15-32-22-18(10-11-20(29-3)23(22)30-4)16-8-9-19-17(13-16)14-31-24(19)28/h8-11,13H,5-7,12,14-15H2,1-4H3,(H,26,27). The van der Waals surface area contributed by atoms with E-state index in [1.807, 2.05) is 24.3 Å². The molecule has 0 amide bonds. The zero-order chi connectivity index (χ0) is 23.3. The maximum absolute atomic E-state index is 11.8. The number of methoxy groups -OCH3 is 2. The van der Waals surface area contributed by atoms with Crippen molar-refractivity contribution >= 4 is 11.9 Å². The van der Waals surface area contributed by atoms with E-state index in [4.69, 9.17) is 24.1 Å². The van der Waals surface area contributed by atoms with Gasteiger partial charge in [0, 0.05) is 17.5 Å². The van der Waals surface area contributed by atoms with Crippen LogP contribution in [0.2, 0.25) is 0 Å². The first-order chi connectivity index (χ1) is 15.3. The third kappa shape index (κ3) is 5.33. The maximum Gasteiger partial charge on any atom is 0.338 e. The van der Waals surface area contributed by atoms with Gasteiger partial charge in [-0.15, -0.1) is 0 Å². The number of unbranched alkanes of at least 4 members (excludes halogenated alkanes) is 1. The molecule has 0 spiro atoms. The third-order valence-electron chi connectivity index (χ3n) is 5.60. The predicted octanol–water partition coefficient (Wildman–Crippen LogP) is 5.09. The molecule has 0 saturated heterocycles. The lowest BCUT2D eigenvalue weighted by molar-refractivity contribution is -0.137. The molecule has 0 atom stereocenters. The highest BCUT2D eigenvalue weighted by atomic mass is 16.5. The van der Waals surface area contributed by atoms with Gasteiger partial charge in [-0.3, -0.25) is 4.79 Å². The minimum atomic E-state index is -0.772. The van der Waals surface area contributed by atoms with E-state index in [2.05, 4.69) is 13.8 Å². The summed E-state index contributed by atoms with van der Waals surface area (Å²) in [6.45, 7) is 4.87. The van der Waals surface area contributed by atoms with E-state index >= 15 is 0 Å². The fourth-order valence-corrected chi connectivity index (χ4v) is 3.79. The van der Waals surface area contributed by atoms with E-state index in [0.29, 0.717) is 35.8 Å². The molecule has 2 aromatic carbocycles. The minimum absolute atomic E-state index is 0.165. The third-order valence-corrected chi connectivity index (χ3v) is 5.60. The molecule has 0 saturated carbocycles. The van der Waals surface area contributed by atoms with Crippen LogP contribution in [0, 0.1) is 5.41 Å². The van der Waals surface area contributed by atoms with Crippen molar-refractivity contribution in [3.8, 4) is 28.4 Å². The van der Waals surface area contributed by atoms with Crippen LogP contribution in [-0.2, 0) is 16.1 Å². The zero-order valence-electron chi connectivity index (χ0n) is 19.0. The van der Waals surface area contributed by atoms with Crippen molar-refractivity contribution in [2.75, 3.05) is 20.8 Å². The van der Waals surface area contributed by atoms with Gasteiger partial charge in [0.15, 0.2) is 11.5 Å². The number of rotatable bonds is 11. The van der Waals surface area contributed by atoms with E-state index in [1.165, 1.54) is 0 Å². The normalized spacial score (nSPS) is 12.8. The van der Waals surface area contributed by atoms with Crippen LogP contribution >= 0.6 is 0 Å². The Bertz CT molecular complexity index is 994. The van der Waals surface area contributed by atoms with Gasteiger partial charge in [-0.05, 0) is 48.1 Å². The molecule has 0 radical (unpaired) electrons. The molecule has 172 valence electrons. The molecular weight excluding hydrogens is 412 g/mol. The molecule has 32 heavy (non-hydrogen) atoms. The second-order valence-electron chi connectivity index (χ2n) is 8.68. The smallest absolute Gasteiger partial charge is 0.338 e. The number of hydrogen-bond acceptors (Lipinski definition) is 6. The van der Waals surface area contributed by atoms with Gasteiger partial charge in [0.25, 0.3) is 0 Å². The van der Waals surface area contributed by atoms with Gasteiger partial charge in [-0.2, -0.15) is 0 Å². The molecule has 1 aliphatic rings. The highest BCUT2D eigenvalue weighted by Crippen LogP contribution is 2.45. The van der Waals surface area contributed by atoms with Crippen molar-refractivity contribution in [1.82, 2.24) is 0 Å². The number of hydrogen-bond donors (Lipinski definition) is 1. The number of fused-ring (bicyclic) bond motifs is 1. The molecule has 0 aliphatic carbocycles. The molecule has 7 nitrogen and oxygen atoms in total. The van der Waals surface area contributed by atoms with Gasteiger partial charge in [-0.25, -0.2) is 4.79 Å². The summed E-state index contributed by atoms with van der Waals surface area (Å²) in [4.78, 5) is 22.6. The number of esters is 1. The lowest BCUT2D eigenvalue weighted by Gasteiger charge is -2.26. The largest absolute Gasteiger partial charge is 0.493 e. The lowest BCUT2D eigenvalue weighted by Crippen LogP contribution is -2.22. The van der Waals surface area contributed by atoms with Crippen LogP contribution in [-0.4, -0.2) is 37.9 Å². The number of ether oxygens (including phenoxy) is 4. The molecule has 3 rings (SSSR count). The van der Waals surface area contributed by atoms with Crippen molar-refractivity contribution in [2.45, 2.75) is 46.1 Å². The lowest BCUT2D eigenvalue weighted by atomic mass is 9.88. The summed E-state index contributed by atoms with van der Waals surface area (Å²) < 4.78 is 22.5. The molecule has 1 N–H and O–H groups in total. The number of aliphatic carboxylic acids is 1. The van der Waals surface area contributed by atoms with Gasteiger partial charge >= 0.3 is 11.9 Å². The molecule has 1 aliphatic heterocycles. The maximum atomic E-state index is 11.8. The number of carbonyl (C=O) groups excluding carboxylic acids is 1. The van der Waals surface area contributed by atoms with Gasteiger partial charge in [0.1, 0.15) is 6.61 Å². The summed E-state index contributed by atoms with van der Waals surface area (Å²) in [5.74, 6) is 0.548. The molecule has 0 unspecified atom stereocenters. The molecular formula is C25H30O7. The highest BCUT2D eigenvalue weighted by molar-refractivity contribution is 5.94. The van der Waals surface area contributed by atoms with E-state index in [-0.39, 0.29) is 24.4 Å². The summed E-state index contributed by atoms with van der Waals surface area (Å²) >= 11 is 0. The van der Waals surface area contributed by atoms with E-state index in [9.17, 15) is 9.59 Å². The first-order valence-corrected chi connectivity index (χ1v) is 10.7. The van der Waals surface area contributed by atoms with Crippen LogP contribution in [0.15, 0.2) is 30.3 Å². The zero-order valence-corrected chi connectivity index (χ0v) is 19.0. The number of benzene rings is 2. The monoisotopic (exact) mass is 442 g/mol. The number of carboxylic acids is 1. The average Bonchev–Trinajstić information content (AvgIpc) is 3.14. The Hall–Kier alpha value is -3.22. The fourth-order valence-electron chi connectivity index (χ4n) is 3.79. The predicted molar refractivity (Wildman–Crippen MR) is 119 cm³/mol. The van der Waals surface area contributed by atoms with Gasteiger partial charge in [0.2, 0.25) is 5.75 Å². The Morgan fingerprint density at radius 2 is 1.81 bits per heavy atom. The molecule has 2 aromatic rings. The van der Waals surface area contributed by atoms with Crippen LogP contribution in [0.3, 0.4) is 0 Å². The topological polar surface area (TPSA) is 91.3 Å². The number of carboxylic acid groups (broad SMARTS) is 1. The van der Waals surface area contributed by atoms with Gasteiger partial charge in [0.05, 0.1) is 26.4 Å². The van der Waals surface area contributed by atoms with Crippen molar-refractivity contribution in [2.24, 2.45) is 5.41 Å². The van der Waals surface area contributed by atoms with E-state index < -0.39 is 5.97 Å². The van der Waals surface area contributed by atoms with Crippen LogP contribution in [0.1, 0.15) is 55.5 Å². The quantitative estimate of drug-likeness (QED) is 0.383. The summed E-state index contributed by atoms with van der Waals surface area (Å²) in [7, 11) is 3.15. The average molecular weight is 443 g/mol. The molecule has 0 fully saturated rings. The van der Waals surface area contributed by atoms with Crippen molar-refractivity contribution in [1.29, 1.82) is 0 Å². The van der Waals surface area contributed by atoms with Crippen LogP contribution in [0.5, 0.6) is 17.2 Å². The molecule has 7 heteroatoms. The van der Waals surface area contributed by atoms with Crippen molar-refractivity contribution < 1.29 is 33.6 Å². The molecule has 1 heterocycles. The van der Waals surface area contributed by atoms with Crippen LogP contribution < -0.4 is 14.2 Å². The Morgan fingerprint density at radius 1 is 1.06 bits per heavy atom. The van der Waals surface area contributed by atoms with Crippen molar-refractivity contribution in [3.05, 3.63) is 41.5 Å². The summed E-state index contributed by atoms with van der Waals surface area (Å²) in [6.07, 6.45) is 2.46. The van der Waals surface area contributed by atoms with Gasteiger partial charge < -0.3 is 24.1 Å². The van der Waals surface area contributed by atoms with E-state index in [1.54, 1.807) is 20.3 Å². The number of cyclic esters (lactones) is 1. The van der Waals surface area contributed by atoms with Crippen LogP contribution in [0.4, 0.5) is 0 Å². The Morgan fingerprint density at radius 3 is 2.50 bits per heavy atom. The summed E-state index contributed by atoms with van der Waals surface area (Å²) in [5, 5.41) is 8.84. The van der Waals surface area contributed by atoms with Gasteiger partial charge in [-0.1, -0.05) is 26.3 Å². The van der Waals surface area contributed by atoms with Crippen molar-refractivity contribution in [3.63, 3.8) is 0 Å². The Balaban J connectivity index is 1.87. The highest BCUT2D eigenvalue weighted by Gasteiger charge is 2.25. The summed E-state index contributed by atoms with van der Waals surface area (Å²) in [5.41, 5.74) is 2.97. The van der Waals surface area contributed by atoms with Crippen LogP contribution in [0.25, 0.3) is 11.1 Å². The molecule has 0 aromatic heterocycles. The Kier molecular flexibility index (Phi) is 7.28. The number of carbonyl (C=O) groups is 2. The SMILES string of the molecule is COc1ccc(-c2ccc3c(c2)COC3=O)c(OCC(C)(C)CCCCC(=O)O)c1OC. The second-order valence-corrected chi connectivity index (χ2v) is 8.68. The minimum Gasteiger partial charge on any atom is -0.493 e. The first kappa shape index (κ1) is 23.4. The first-order valence-electron chi connectivity index (χ1n) is 10.7. The Labute approximate surface area is 188 Å². The molecule has 0 bridgehead atoms. The summed E-state index contributed by atoms with van der Waals surface area (Å²) in [6, 6.07) is 9.32.